The van der Waals surface area contributed by atoms with Crippen LogP contribution in [0.25, 0.3) is 0 Å². The molecule has 0 aliphatic rings. The fourth-order valence-electron chi connectivity index (χ4n) is 2.49. The zero-order valence-electron chi connectivity index (χ0n) is 12.2. The van der Waals surface area contributed by atoms with Gasteiger partial charge < -0.3 is 5.11 Å². The highest BCUT2D eigenvalue weighted by atomic mass is 16.4. The number of carbonyl (C=O) groups is 1. The minimum atomic E-state index is -0.846. The second kappa shape index (κ2) is 5.91. The fourth-order valence-corrected chi connectivity index (χ4v) is 2.49. The number of carboxylic acids is 1. The Morgan fingerprint density at radius 3 is 2.40 bits per heavy atom. The van der Waals surface area contributed by atoms with Crippen LogP contribution in [0.5, 0.6) is 0 Å². The molecule has 2 rings (SSSR count). The van der Waals surface area contributed by atoms with E-state index in [2.05, 4.69) is 32.0 Å². The molecule has 2 nitrogen and oxygen atoms in total. The maximum absolute atomic E-state index is 11.3. The van der Waals surface area contributed by atoms with Crippen molar-refractivity contribution < 1.29 is 9.90 Å². The van der Waals surface area contributed by atoms with Gasteiger partial charge in [-0.25, -0.2) is 4.79 Å². The molecule has 0 heterocycles. The average molecular weight is 268 g/mol. The molecule has 0 saturated carbocycles. The van der Waals surface area contributed by atoms with Gasteiger partial charge in [0.15, 0.2) is 0 Å². The van der Waals surface area contributed by atoms with E-state index >= 15 is 0 Å². The summed E-state index contributed by atoms with van der Waals surface area (Å²) in [6.45, 7) is 6.22. The Hall–Kier alpha value is -2.09. The SMILES string of the molecule is Cc1ccc(C(=O)O)c(CCc2cccc(C)c2C)c1. The highest BCUT2D eigenvalue weighted by molar-refractivity contribution is 5.89. The molecule has 1 N–H and O–H groups in total. The van der Waals surface area contributed by atoms with Gasteiger partial charge in [-0.05, 0) is 61.9 Å². The van der Waals surface area contributed by atoms with Crippen LogP contribution in [-0.4, -0.2) is 11.1 Å². The zero-order valence-corrected chi connectivity index (χ0v) is 12.2. The van der Waals surface area contributed by atoms with Crippen LogP contribution in [0.4, 0.5) is 0 Å². The third-order valence-corrected chi connectivity index (χ3v) is 3.87. The van der Waals surface area contributed by atoms with E-state index in [0.717, 1.165) is 24.0 Å². The van der Waals surface area contributed by atoms with Gasteiger partial charge in [0.1, 0.15) is 0 Å². The topological polar surface area (TPSA) is 37.3 Å². The minimum Gasteiger partial charge on any atom is -0.478 e. The third-order valence-electron chi connectivity index (χ3n) is 3.87. The number of benzene rings is 2. The molecule has 2 heteroatoms. The van der Waals surface area contributed by atoms with Crippen LogP contribution in [0.3, 0.4) is 0 Å². The van der Waals surface area contributed by atoms with E-state index < -0.39 is 5.97 Å². The molecule has 20 heavy (non-hydrogen) atoms. The van der Waals surface area contributed by atoms with E-state index in [1.54, 1.807) is 6.07 Å². The van der Waals surface area contributed by atoms with E-state index in [4.69, 9.17) is 0 Å². The molecule has 104 valence electrons. The summed E-state index contributed by atoms with van der Waals surface area (Å²) < 4.78 is 0. The molecular formula is C18H20O2. The Balaban J connectivity index is 2.24. The molecule has 0 amide bonds. The van der Waals surface area contributed by atoms with E-state index in [0.29, 0.717) is 5.56 Å². The van der Waals surface area contributed by atoms with Crippen molar-refractivity contribution >= 4 is 5.97 Å². The standard InChI is InChI=1S/C18H20O2/c1-12-7-10-17(18(19)20)16(11-12)9-8-15-6-4-5-13(2)14(15)3/h4-7,10-11H,8-9H2,1-3H3,(H,19,20). The molecule has 0 spiro atoms. The summed E-state index contributed by atoms with van der Waals surface area (Å²) in [7, 11) is 0. The van der Waals surface area contributed by atoms with Crippen molar-refractivity contribution in [3.8, 4) is 0 Å². The van der Waals surface area contributed by atoms with Crippen LogP contribution >= 0.6 is 0 Å². The van der Waals surface area contributed by atoms with Gasteiger partial charge in [-0.3, -0.25) is 0 Å². The lowest BCUT2D eigenvalue weighted by atomic mass is 9.95. The largest absolute Gasteiger partial charge is 0.478 e. The normalized spacial score (nSPS) is 10.6. The first-order valence-electron chi connectivity index (χ1n) is 6.87. The maximum Gasteiger partial charge on any atom is 0.335 e. The monoisotopic (exact) mass is 268 g/mol. The number of aromatic carboxylic acids is 1. The highest BCUT2D eigenvalue weighted by Gasteiger charge is 2.10. The van der Waals surface area contributed by atoms with Crippen molar-refractivity contribution in [2.24, 2.45) is 0 Å². The van der Waals surface area contributed by atoms with Crippen LogP contribution in [0.15, 0.2) is 36.4 Å². The van der Waals surface area contributed by atoms with Crippen LogP contribution in [0, 0.1) is 20.8 Å². The summed E-state index contributed by atoms with van der Waals surface area (Å²) in [6, 6.07) is 11.8. The lowest BCUT2D eigenvalue weighted by Crippen LogP contribution is -2.05. The van der Waals surface area contributed by atoms with Gasteiger partial charge in [0.2, 0.25) is 0 Å². The first kappa shape index (κ1) is 14.3. The smallest absolute Gasteiger partial charge is 0.335 e. The van der Waals surface area contributed by atoms with Crippen molar-refractivity contribution in [3.05, 3.63) is 69.8 Å². The average Bonchev–Trinajstić information content (AvgIpc) is 2.40. The van der Waals surface area contributed by atoms with Crippen LogP contribution in [-0.2, 0) is 12.8 Å². The number of carboxylic acid groups (broad SMARTS) is 1. The Morgan fingerprint density at radius 1 is 1.00 bits per heavy atom. The van der Waals surface area contributed by atoms with E-state index in [9.17, 15) is 9.90 Å². The Kier molecular flexibility index (Phi) is 4.23. The third kappa shape index (κ3) is 3.08. The van der Waals surface area contributed by atoms with E-state index in [-0.39, 0.29) is 0 Å². The van der Waals surface area contributed by atoms with Gasteiger partial charge in [0, 0.05) is 0 Å². The van der Waals surface area contributed by atoms with E-state index in [1.807, 2.05) is 19.1 Å². The molecule has 0 atom stereocenters. The molecular weight excluding hydrogens is 248 g/mol. The number of rotatable bonds is 4. The molecule has 2 aromatic rings. The van der Waals surface area contributed by atoms with Crippen molar-refractivity contribution in [2.45, 2.75) is 33.6 Å². The molecule has 0 radical (unpaired) electrons. The second-order valence-corrected chi connectivity index (χ2v) is 5.32. The quantitative estimate of drug-likeness (QED) is 0.906. The Bertz CT molecular complexity index is 642. The Morgan fingerprint density at radius 2 is 1.70 bits per heavy atom. The zero-order chi connectivity index (χ0) is 14.7. The molecule has 0 aliphatic heterocycles. The maximum atomic E-state index is 11.3. The summed E-state index contributed by atoms with van der Waals surface area (Å²) in [4.78, 5) is 11.3. The summed E-state index contributed by atoms with van der Waals surface area (Å²) >= 11 is 0. The number of hydrogen-bond acceptors (Lipinski definition) is 1. The van der Waals surface area contributed by atoms with Crippen molar-refractivity contribution in [1.29, 1.82) is 0 Å². The van der Waals surface area contributed by atoms with Gasteiger partial charge >= 0.3 is 5.97 Å². The number of hydrogen-bond donors (Lipinski definition) is 1. The van der Waals surface area contributed by atoms with Crippen molar-refractivity contribution in [1.82, 2.24) is 0 Å². The van der Waals surface area contributed by atoms with Crippen molar-refractivity contribution in [3.63, 3.8) is 0 Å². The van der Waals surface area contributed by atoms with Gasteiger partial charge in [0.25, 0.3) is 0 Å². The molecule has 0 unspecified atom stereocenters. The van der Waals surface area contributed by atoms with Gasteiger partial charge in [0.05, 0.1) is 5.56 Å². The Labute approximate surface area is 120 Å². The predicted molar refractivity (Wildman–Crippen MR) is 81.5 cm³/mol. The molecule has 0 saturated heterocycles. The predicted octanol–water partition coefficient (Wildman–Crippen LogP) is 4.10. The van der Waals surface area contributed by atoms with E-state index in [1.165, 1.54) is 16.7 Å². The summed E-state index contributed by atoms with van der Waals surface area (Å²) in [5, 5.41) is 9.25. The first-order valence-corrected chi connectivity index (χ1v) is 6.87. The molecule has 0 bridgehead atoms. The lowest BCUT2D eigenvalue weighted by Gasteiger charge is -2.11. The minimum absolute atomic E-state index is 0.418. The first-order chi connectivity index (χ1) is 9.49. The molecule has 2 aromatic carbocycles. The van der Waals surface area contributed by atoms with Gasteiger partial charge in [-0.1, -0.05) is 35.9 Å². The fraction of sp³-hybridized carbons (Fsp3) is 0.278. The van der Waals surface area contributed by atoms with Gasteiger partial charge in [-0.15, -0.1) is 0 Å². The number of aryl methyl sites for hydroxylation is 4. The molecule has 0 aliphatic carbocycles. The van der Waals surface area contributed by atoms with Crippen LogP contribution < -0.4 is 0 Å². The van der Waals surface area contributed by atoms with Crippen LogP contribution in [0.1, 0.15) is 38.2 Å². The molecule has 0 fully saturated rings. The van der Waals surface area contributed by atoms with Crippen LogP contribution in [0.2, 0.25) is 0 Å². The summed E-state index contributed by atoms with van der Waals surface area (Å²) in [5.74, 6) is -0.846. The summed E-state index contributed by atoms with van der Waals surface area (Å²) in [6.07, 6.45) is 1.63. The lowest BCUT2D eigenvalue weighted by molar-refractivity contribution is 0.0695. The summed E-state index contributed by atoms with van der Waals surface area (Å²) in [5.41, 5.74) is 6.32. The molecule has 0 aromatic heterocycles. The van der Waals surface area contributed by atoms with Gasteiger partial charge in [-0.2, -0.15) is 0 Å². The van der Waals surface area contributed by atoms with Crippen molar-refractivity contribution in [2.75, 3.05) is 0 Å². The second-order valence-electron chi connectivity index (χ2n) is 5.32. The highest BCUT2D eigenvalue weighted by Crippen LogP contribution is 2.18.